The fourth-order valence-corrected chi connectivity index (χ4v) is 4.81. The summed E-state index contributed by atoms with van der Waals surface area (Å²) in [6.07, 6.45) is 0.977. The van der Waals surface area contributed by atoms with Crippen molar-refractivity contribution in [2.24, 2.45) is 5.92 Å². The minimum absolute atomic E-state index is 0.106. The molecule has 4 rings (SSSR count). The lowest BCUT2D eigenvalue weighted by Crippen LogP contribution is -2.41. The SMILES string of the molecule is O=C(Nc1ccc2c(c1)OCO2)C1CCN(S(=O)(=O)c2ccccc2)CC1. The second kappa shape index (κ2) is 7.21. The van der Waals surface area contributed by atoms with E-state index >= 15 is 0 Å². The Balaban J connectivity index is 1.37. The van der Waals surface area contributed by atoms with Gasteiger partial charge >= 0.3 is 0 Å². The van der Waals surface area contributed by atoms with Crippen LogP contribution in [-0.4, -0.2) is 38.5 Å². The molecule has 2 aliphatic rings. The predicted molar refractivity (Wildman–Crippen MR) is 99.1 cm³/mol. The maximum Gasteiger partial charge on any atom is 0.243 e. The minimum atomic E-state index is -3.51. The number of hydrogen-bond donors (Lipinski definition) is 1. The third-order valence-corrected chi connectivity index (χ3v) is 6.76. The summed E-state index contributed by atoms with van der Waals surface area (Å²) >= 11 is 0. The molecule has 0 aromatic heterocycles. The average Bonchev–Trinajstić information content (AvgIpc) is 3.16. The van der Waals surface area contributed by atoms with Crippen LogP contribution in [0.4, 0.5) is 5.69 Å². The van der Waals surface area contributed by atoms with Crippen LogP contribution in [0.1, 0.15) is 12.8 Å². The molecule has 1 N–H and O–H groups in total. The Morgan fingerprint density at radius 2 is 1.70 bits per heavy atom. The normalized spacial score (nSPS) is 17.6. The van der Waals surface area contributed by atoms with Gasteiger partial charge < -0.3 is 14.8 Å². The van der Waals surface area contributed by atoms with E-state index in [1.807, 2.05) is 0 Å². The van der Waals surface area contributed by atoms with Gasteiger partial charge in [0, 0.05) is 30.8 Å². The molecule has 0 saturated carbocycles. The molecule has 2 aromatic rings. The molecule has 0 bridgehead atoms. The van der Waals surface area contributed by atoms with Gasteiger partial charge in [-0.15, -0.1) is 0 Å². The number of anilines is 1. The topological polar surface area (TPSA) is 84.9 Å². The number of nitrogens with zero attached hydrogens (tertiary/aromatic N) is 1. The van der Waals surface area contributed by atoms with Crippen LogP contribution in [0.25, 0.3) is 0 Å². The maximum absolute atomic E-state index is 12.7. The largest absolute Gasteiger partial charge is 0.454 e. The number of fused-ring (bicyclic) bond motifs is 1. The molecule has 8 heteroatoms. The third-order valence-electron chi connectivity index (χ3n) is 4.85. The van der Waals surface area contributed by atoms with Gasteiger partial charge in [-0.25, -0.2) is 8.42 Å². The second-order valence-corrected chi connectivity index (χ2v) is 8.49. The van der Waals surface area contributed by atoms with Crippen LogP contribution in [0.5, 0.6) is 11.5 Å². The van der Waals surface area contributed by atoms with E-state index in [2.05, 4.69) is 5.32 Å². The summed E-state index contributed by atoms with van der Waals surface area (Å²) in [5.41, 5.74) is 0.642. The third kappa shape index (κ3) is 3.63. The van der Waals surface area contributed by atoms with Crippen molar-refractivity contribution in [1.82, 2.24) is 4.31 Å². The number of piperidine rings is 1. The Kier molecular flexibility index (Phi) is 4.75. The van der Waals surface area contributed by atoms with E-state index in [9.17, 15) is 13.2 Å². The van der Waals surface area contributed by atoms with Gasteiger partial charge in [0.1, 0.15) is 0 Å². The number of nitrogens with one attached hydrogen (secondary N) is 1. The summed E-state index contributed by atoms with van der Waals surface area (Å²) in [6, 6.07) is 13.6. The van der Waals surface area contributed by atoms with E-state index in [1.54, 1.807) is 48.5 Å². The Bertz CT molecular complexity index is 938. The molecule has 0 atom stereocenters. The summed E-state index contributed by atoms with van der Waals surface area (Å²) < 4.78 is 37.3. The van der Waals surface area contributed by atoms with Gasteiger partial charge in [-0.3, -0.25) is 4.79 Å². The van der Waals surface area contributed by atoms with E-state index < -0.39 is 10.0 Å². The Hall–Kier alpha value is -2.58. The molecule has 0 radical (unpaired) electrons. The standard InChI is InChI=1S/C19H20N2O5S/c22-19(20-15-6-7-17-18(12-15)26-13-25-17)14-8-10-21(11-9-14)27(23,24)16-4-2-1-3-5-16/h1-7,12,14H,8-11,13H2,(H,20,22). The van der Waals surface area contributed by atoms with Crippen LogP contribution >= 0.6 is 0 Å². The van der Waals surface area contributed by atoms with Crippen molar-refractivity contribution in [1.29, 1.82) is 0 Å². The van der Waals surface area contributed by atoms with Crippen molar-refractivity contribution in [3.05, 3.63) is 48.5 Å². The molecule has 2 heterocycles. The van der Waals surface area contributed by atoms with Gasteiger partial charge in [0.15, 0.2) is 11.5 Å². The van der Waals surface area contributed by atoms with Crippen LogP contribution in [-0.2, 0) is 14.8 Å². The number of sulfonamides is 1. The van der Waals surface area contributed by atoms with Crippen molar-refractivity contribution < 1.29 is 22.7 Å². The Labute approximate surface area is 157 Å². The number of benzene rings is 2. The predicted octanol–water partition coefficient (Wildman–Crippen LogP) is 2.45. The number of ether oxygens (including phenoxy) is 2. The number of amides is 1. The summed E-state index contributed by atoms with van der Waals surface area (Å²) in [5.74, 6) is 0.937. The fourth-order valence-electron chi connectivity index (χ4n) is 3.32. The van der Waals surface area contributed by atoms with Gasteiger partial charge in [-0.05, 0) is 37.1 Å². The summed E-state index contributed by atoms with van der Waals surface area (Å²) in [6.45, 7) is 0.841. The molecule has 1 amide bonds. The van der Waals surface area contributed by atoms with E-state index in [-0.39, 0.29) is 23.5 Å². The van der Waals surface area contributed by atoms with E-state index in [0.29, 0.717) is 43.1 Å². The van der Waals surface area contributed by atoms with Gasteiger partial charge in [-0.1, -0.05) is 18.2 Å². The average molecular weight is 388 g/mol. The van der Waals surface area contributed by atoms with Crippen LogP contribution in [0.3, 0.4) is 0 Å². The molecule has 2 aliphatic heterocycles. The monoisotopic (exact) mass is 388 g/mol. The molecular weight excluding hydrogens is 368 g/mol. The fraction of sp³-hybridized carbons (Fsp3) is 0.316. The highest BCUT2D eigenvalue weighted by Gasteiger charge is 2.32. The number of carbonyl (C=O) groups is 1. The first-order valence-corrected chi connectivity index (χ1v) is 10.2. The van der Waals surface area contributed by atoms with Crippen LogP contribution in [0.2, 0.25) is 0 Å². The van der Waals surface area contributed by atoms with Crippen molar-refractivity contribution in [2.45, 2.75) is 17.7 Å². The number of hydrogen-bond acceptors (Lipinski definition) is 5. The van der Waals surface area contributed by atoms with E-state index in [1.165, 1.54) is 4.31 Å². The first-order valence-electron chi connectivity index (χ1n) is 8.80. The zero-order valence-corrected chi connectivity index (χ0v) is 15.4. The molecule has 0 spiro atoms. The maximum atomic E-state index is 12.7. The molecule has 27 heavy (non-hydrogen) atoms. The zero-order chi connectivity index (χ0) is 18.9. The van der Waals surface area contributed by atoms with Crippen molar-refractivity contribution in [2.75, 3.05) is 25.2 Å². The molecular formula is C19H20N2O5S. The van der Waals surface area contributed by atoms with Crippen LogP contribution in [0.15, 0.2) is 53.4 Å². The zero-order valence-electron chi connectivity index (χ0n) is 14.6. The van der Waals surface area contributed by atoms with Crippen molar-refractivity contribution in [3.8, 4) is 11.5 Å². The van der Waals surface area contributed by atoms with Crippen LogP contribution in [0, 0.1) is 5.92 Å². The van der Waals surface area contributed by atoms with E-state index in [4.69, 9.17) is 9.47 Å². The molecule has 1 fully saturated rings. The van der Waals surface area contributed by atoms with Gasteiger partial charge in [-0.2, -0.15) is 4.31 Å². The summed E-state index contributed by atoms with van der Waals surface area (Å²) in [7, 11) is -3.51. The van der Waals surface area contributed by atoms with Gasteiger partial charge in [0.2, 0.25) is 22.7 Å². The highest BCUT2D eigenvalue weighted by atomic mass is 32.2. The summed E-state index contributed by atoms with van der Waals surface area (Å²) in [5, 5.41) is 2.88. The van der Waals surface area contributed by atoms with Crippen molar-refractivity contribution in [3.63, 3.8) is 0 Å². The second-order valence-electron chi connectivity index (χ2n) is 6.55. The van der Waals surface area contributed by atoms with Gasteiger partial charge in [0.05, 0.1) is 4.90 Å². The molecule has 2 aromatic carbocycles. The van der Waals surface area contributed by atoms with Gasteiger partial charge in [0.25, 0.3) is 0 Å². The molecule has 0 unspecified atom stereocenters. The highest BCUT2D eigenvalue weighted by Crippen LogP contribution is 2.34. The molecule has 0 aliphatic carbocycles. The smallest absolute Gasteiger partial charge is 0.243 e. The lowest BCUT2D eigenvalue weighted by Gasteiger charge is -2.30. The lowest BCUT2D eigenvalue weighted by atomic mass is 9.97. The van der Waals surface area contributed by atoms with Crippen molar-refractivity contribution >= 4 is 21.6 Å². The molecule has 7 nitrogen and oxygen atoms in total. The van der Waals surface area contributed by atoms with Crippen LogP contribution < -0.4 is 14.8 Å². The van der Waals surface area contributed by atoms with E-state index in [0.717, 1.165) is 0 Å². The minimum Gasteiger partial charge on any atom is -0.454 e. The number of rotatable bonds is 4. The summed E-state index contributed by atoms with van der Waals surface area (Å²) in [4.78, 5) is 12.8. The molecule has 142 valence electrons. The first-order chi connectivity index (χ1) is 13.0. The first kappa shape index (κ1) is 17.8. The quantitative estimate of drug-likeness (QED) is 0.870. The lowest BCUT2D eigenvalue weighted by molar-refractivity contribution is -0.120. The highest BCUT2D eigenvalue weighted by molar-refractivity contribution is 7.89. The Morgan fingerprint density at radius 3 is 2.44 bits per heavy atom. The number of carbonyl (C=O) groups excluding carboxylic acids is 1. The molecule has 1 saturated heterocycles. The Morgan fingerprint density at radius 1 is 1.00 bits per heavy atom.